The minimum Gasteiger partial charge on any atom is -0.392 e. The number of carbonyl (C=O) groups is 3. The fraction of sp³-hybridized carbons (Fsp3) is 0.286. The van der Waals surface area contributed by atoms with Crippen molar-refractivity contribution in [1.82, 2.24) is 15.1 Å². The van der Waals surface area contributed by atoms with Crippen LogP contribution in [-0.2, 0) is 9.59 Å². The van der Waals surface area contributed by atoms with E-state index in [9.17, 15) is 14.4 Å². The molecule has 0 spiro atoms. The van der Waals surface area contributed by atoms with Crippen LogP contribution in [-0.4, -0.2) is 74.4 Å². The van der Waals surface area contributed by atoms with E-state index in [-0.39, 0.29) is 13.0 Å². The Labute approximate surface area is 223 Å². The number of nitrogens with one attached hydrogen (secondary N) is 2. The molecule has 2 aromatic rings. The molecule has 0 aliphatic carbocycles. The van der Waals surface area contributed by atoms with Gasteiger partial charge in [0.2, 0.25) is 0 Å². The first-order valence-corrected chi connectivity index (χ1v) is 12.0. The van der Waals surface area contributed by atoms with Gasteiger partial charge in [-0.2, -0.15) is 0 Å². The van der Waals surface area contributed by atoms with Crippen molar-refractivity contribution in [3.8, 4) is 11.8 Å². The van der Waals surface area contributed by atoms with E-state index in [0.29, 0.717) is 41.1 Å². The van der Waals surface area contributed by atoms with Crippen LogP contribution in [0.25, 0.3) is 0 Å². The number of amides is 2. The summed E-state index contributed by atoms with van der Waals surface area (Å²) in [6, 6.07) is 14.2. The summed E-state index contributed by atoms with van der Waals surface area (Å²) in [6.45, 7) is 1.98. The fourth-order valence-electron chi connectivity index (χ4n) is 3.56. The predicted molar refractivity (Wildman–Crippen MR) is 148 cm³/mol. The van der Waals surface area contributed by atoms with Gasteiger partial charge in [0.05, 0.1) is 16.4 Å². The number of likely N-dealkylation sites (N-methyl/N-ethyl adjacent to an activating group) is 1. The summed E-state index contributed by atoms with van der Waals surface area (Å²) in [5.74, 6) is 6.13. The lowest BCUT2D eigenvalue weighted by molar-refractivity contribution is -0.120. The van der Waals surface area contributed by atoms with Crippen LogP contribution in [0, 0.1) is 17.3 Å². The first-order valence-electron chi connectivity index (χ1n) is 11.6. The van der Waals surface area contributed by atoms with Crippen molar-refractivity contribution in [1.29, 1.82) is 5.41 Å². The maximum atomic E-state index is 13.6. The molecule has 0 aromatic heterocycles. The van der Waals surface area contributed by atoms with Crippen LogP contribution < -0.4 is 10.2 Å². The van der Waals surface area contributed by atoms with E-state index in [1.807, 2.05) is 30.3 Å². The Bertz CT molecular complexity index is 1210. The zero-order valence-corrected chi connectivity index (χ0v) is 22.2. The van der Waals surface area contributed by atoms with Gasteiger partial charge < -0.3 is 30.1 Å². The summed E-state index contributed by atoms with van der Waals surface area (Å²) in [6.07, 6.45) is 3.90. The van der Waals surface area contributed by atoms with Crippen molar-refractivity contribution in [2.45, 2.75) is 18.9 Å². The Morgan fingerprint density at radius 3 is 2.32 bits per heavy atom. The molecule has 8 nitrogen and oxygen atoms in total. The summed E-state index contributed by atoms with van der Waals surface area (Å²) in [4.78, 5) is 41.6. The Balaban J connectivity index is 2.33. The van der Waals surface area contributed by atoms with Gasteiger partial charge in [0.15, 0.2) is 0 Å². The third-order valence-corrected chi connectivity index (χ3v) is 6.16. The third-order valence-electron chi connectivity index (χ3n) is 5.86. The number of urea groups is 1. The molecule has 0 fully saturated rings. The second-order valence-electron chi connectivity index (χ2n) is 8.55. The van der Waals surface area contributed by atoms with Gasteiger partial charge in [-0.1, -0.05) is 41.6 Å². The molecule has 37 heavy (non-hydrogen) atoms. The number of hydrogen-bond acceptors (Lipinski definition) is 6. The van der Waals surface area contributed by atoms with Gasteiger partial charge in [0.25, 0.3) is 0 Å². The van der Waals surface area contributed by atoms with Gasteiger partial charge >= 0.3 is 6.03 Å². The van der Waals surface area contributed by atoms with Gasteiger partial charge in [-0.25, -0.2) is 4.79 Å². The zero-order valence-electron chi connectivity index (χ0n) is 21.5. The van der Waals surface area contributed by atoms with Crippen LogP contribution in [0.4, 0.5) is 10.5 Å². The molecule has 0 bridgehead atoms. The van der Waals surface area contributed by atoms with Crippen LogP contribution in [0.3, 0.4) is 0 Å². The number of benzene rings is 2. The summed E-state index contributed by atoms with van der Waals surface area (Å²) >= 11 is 6.53. The zero-order chi connectivity index (χ0) is 27.4. The molecule has 9 heteroatoms. The molecule has 2 aromatic carbocycles. The predicted octanol–water partition coefficient (Wildman–Crippen LogP) is 3.79. The molecule has 2 rings (SSSR count). The second-order valence-corrected chi connectivity index (χ2v) is 8.95. The minimum absolute atomic E-state index is 0.121. The van der Waals surface area contributed by atoms with Crippen molar-refractivity contribution in [3.63, 3.8) is 0 Å². The first-order chi connectivity index (χ1) is 17.7. The summed E-state index contributed by atoms with van der Waals surface area (Å²) in [5, 5.41) is 10.8. The first kappa shape index (κ1) is 29.1. The van der Waals surface area contributed by atoms with E-state index in [1.165, 1.54) is 16.0 Å². The van der Waals surface area contributed by atoms with Gasteiger partial charge in [0, 0.05) is 64.2 Å². The van der Waals surface area contributed by atoms with Gasteiger partial charge in [-0.3, -0.25) is 4.90 Å². The molecule has 0 aliphatic heterocycles. The number of rotatable bonds is 11. The summed E-state index contributed by atoms with van der Waals surface area (Å²) in [7, 11) is 5.05. The molecule has 0 radical (unpaired) electrons. The van der Waals surface area contributed by atoms with Gasteiger partial charge in [0.1, 0.15) is 18.1 Å². The number of aldehydes is 2. The van der Waals surface area contributed by atoms with E-state index in [4.69, 9.17) is 17.0 Å². The Hall–Kier alpha value is -4.09. The highest BCUT2D eigenvalue weighted by Crippen LogP contribution is 2.28. The standard InChI is InChI=1S/C28H32ClN5O3/c1-28(21-36,14-17-35)34(16-15-32(3)24(19-30)20-31-2)27(37)33(4)26-13-12-23(18-25(26)29)11-10-22-8-6-5-7-9-22/h5-9,12-13,17-21,30-31H,14-16H2,1-4H3/b24-20+,30-19?. The maximum absolute atomic E-state index is 13.6. The molecule has 0 aliphatic rings. The van der Waals surface area contributed by atoms with E-state index < -0.39 is 11.6 Å². The molecule has 0 saturated heterocycles. The smallest absolute Gasteiger partial charge is 0.325 e. The average molecular weight is 522 g/mol. The highest BCUT2D eigenvalue weighted by Gasteiger charge is 2.37. The number of halogens is 1. The van der Waals surface area contributed by atoms with Crippen molar-refractivity contribution in [2.75, 3.05) is 39.1 Å². The topological polar surface area (TPSA) is 96.8 Å². The lowest BCUT2D eigenvalue weighted by atomic mass is 9.98. The van der Waals surface area contributed by atoms with Gasteiger partial charge in [-0.05, 0) is 37.3 Å². The monoisotopic (exact) mass is 521 g/mol. The normalized spacial score (nSPS) is 12.3. The summed E-state index contributed by atoms with van der Waals surface area (Å²) < 4.78 is 0. The minimum atomic E-state index is -1.36. The number of anilines is 1. The van der Waals surface area contributed by atoms with Crippen molar-refractivity contribution in [3.05, 3.63) is 76.6 Å². The Morgan fingerprint density at radius 1 is 1.08 bits per heavy atom. The van der Waals surface area contributed by atoms with Crippen LogP contribution in [0.15, 0.2) is 60.4 Å². The van der Waals surface area contributed by atoms with E-state index in [2.05, 4.69) is 17.2 Å². The fourth-order valence-corrected chi connectivity index (χ4v) is 3.86. The van der Waals surface area contributed by atoms with Crippen LogP contribution in [0.1, 0.15) is 24.5 Å². The van der Waals surface area contributed by atoms with Crippen LogP contribution in [0.2, 0.25) is 5.02 Å². The molecule has 0 saturated carbocycles. The highest BCUT2D eigenvalue weighted by molar-refractivity contribution is 6.33. The number of nitrogens with zero attached hydrogens (tertiary/aromatic N) is 3. The van der Waals surface area contributed by atoms with Gasteiger partial charge in [-0.15, -0.1) is 0 Å². The van der Waals surface area contributed by atoms with Crippen molar-refractivity contribution in [2.24, 2.45) is 0 Å². The average Bonchev–Trinajstić information content (AvgIpc) is 2.90. The number of allylic oxidation sites excluding steroid dienone is 1. The SMILES string of the molecule is CN/C=C(\C=N)N(C)CCN(C(=O)N(C)c1ccc(C#Cc2ccccc2)cc1Cl)C(C)(C=O)CC=O. The number of carbonyl (C=O) groups excluding carboxylic acids is 3. The molecular formula is C28H32ClN5O3. The molecule has 194 valence electrons. The van der Waals surface area contributed by atoms with Crippen molar-refractivity contribution >= 4 is 42.1 Å². The largest absolute Gasteiger partial charge is 0.392 e. The lowest BCUT2D eigenvalue weighted by Gasteiger charge is -2.39. The highest BCUT2D eigenvalue weighted by atomic mass is 35.5. The maximum Gasteiger partial charge on any atom is 0.325 e. The summed E-state index contributed by atoms with van der Waals surface area (Å²) in [5.41, 5.74) is 1.21. The van der Waals surface area contributed by atoms with Crippen molar-refractivity contribution < 1.29 is 14.4 Å². The molecule has 1 unspecified atom stereocenters. The quantitative estimate of drug-likeness (QED) is 0.266. The third kappa shape index (κ3) is 7.69. The molecule has 2 amide bonds. The van der Waals surface area contributed by atoms with E-state index >= 15 is 0 Å². The van der Waals surface area contributed by atoms with E-state index in [1.54, 1.807) is 57.4 Å². The molecule has 0 heterocycles. The Kier molecular flexibility index (Phi) is 10.9. The second kappa shape index (κ2) is 13.9. The Morgan fingerprint density at radius 2 is 1.76 bits per heavy atom. The van der Waals surface area contributed by atoms with Crippen LogP contribution >= 0.6 is 11.6 Å². The lowest BCUT2D eigenvalue weighted by Crippen LogP contribution is -2.57. The number of hydrogen-bond donors (Lipinski definition) is 2. The molecular weight excluding hydrogens is 490 g/mol. The van der Waals surface area contributed by atoms with E-state index in [0.717, 1.165) is 5.56 Å². The van der Waals surface area contributed by atoms with Crippen LogP contribution in [0.5, 0.6) is 0 Å². The molecule has 2 N–H and O–H groups in total. The molecule has 1 atom stereocenters.